The SMILES string of the molecule is COCCn1c(S(N)(=O)=O)n[nH]c1=O. The molecule has 0 aliphatic carbocycles. The molecule has 0 spiro atoms. The quantitative estimate of drug-likeness (QED) is 0.602. The lowest BCUT2D eigenvalue weighted by Crippen LogP contribution is -2.25. The third-order valence-electron chi connectivity index (χ3n) is 1.50. The second-order valence-corrected chi connectivity index (χ2v) is 3.96. The van der Waals surface area contributed by atoms with E-state index >= 15 is 0 Å². The standard InChI is InChI=1S/C5H10N4O4S/c1-13-3-2-9-4(10)7-8-5(9)14(6,11)12/h2-3H2,1H3,(H,7,10)(H2,6,11,12). The van der Waals surface area contributed by atoms with Crippen molar-refractivity contribution in [3.63, 3.8) is 0 Å². The Morgan fingerprint density at radius 2 is 2.29 bits per heavy atom. The molecule has 0 amide bonds. The molecule has 3 N–H and O–H groups in total. The summed E-state index contributed by atoms with van der Waals surface area (Å²) in [5.41, 5.74) is -0.633. The molecule has 0 saturated carbocycles. The Hall–Kier alpha value is -1.19. The summed E-state index contributed by atoms with van der Waals surface area (Å²) < 4.78 is 27.5. The highest BCUT2D eigenvalue weighted by Gasteiger charge is 2.18. The topological polar surface area (TPSA) is 120 Å². The average Bonchev–Trinajstić information content (AvgIpc) is 2.42. The Bertz CT molecular complexity index is 458. The minimum Gasteiger partial charge on any atom is -0.383 e. The van der Waals surface area contributed by atoms with Crippen molar-refractivity contribution < 1.29 is 13.2 Å². The Kier molecular flexibility index (Phi) is 3.03. The van der Waals surface area contributed by atoms with Gasteiger partial charge in [0, 0.05) is 7.11 Å². The minimum absolute atomic E-state index is 0.0809. The van der Waals surface area contributed by atoms with Crippen LogP contribution in [0.2, 0.25) is 0 Å². The smallest absolute Gasteiger partial charge is 0.344 e. The van der Waals surface area contributed by atoms with Crippen molar-refractivity contribution in [3.8, 4) is 0 Å². The highest BCUT2D eigenvalue weighted by atomic mass is 32.2. The second-order valence-electron chi connectivity index (χ2n) is 2.50. The number of aromatic amines is 1. The average molecular weight is 222 g/mol. The van der Waals surface area contributed by atoms with Gasteiger partial charge in [-0.25, -0.2) is 23.4 Å². The van der Waals surface area contributed by atoms with Gasteiger partial charge in [0.25, 0.3) is 15.2 Å². The zero-order chi connectivity index (χ0) is 10.8. The van der Waals surface area contributed by atoms with Gasteiger partial charge in [0.15, 0.2) is 0 Å². The molecular formula is C5H10N4O4S. The minimum atomic E-state index is -3.98. The summed E-state index contributed by atoms with van der Waals surface area (Å²) in [7, 11) is -2.55. The number of nitrogens with zero attached hydrogens (tertiary/aromatic N) is 2. The molecule has 80 valence electrons. The second kappa shape index (κ2) is 3.90. The number of primary sulfonamides is 1. The number of methoxy groups -OCH3 is 1. The van der Waals surface area contributed by atoms with Crippen LogP contribution >= 0.6 is 0 Å². The molecule has 0 radical (unpaired) electrons. The molecule has 0 aliphatic heterocycles. The van der Waals surface area contributed by atoms with Crippen LogP contribution in [0, 0.1) is 0 Å². The van der Waals surface area contributed by atoms with E-state index < -0.39 is 20.9 Å². The van der Waals surface area contributed by atoms with Gasteiger partial charge in [-0.1, -0.05) is 0 Å². The number of aromatic nitrogens is 3. The van der Waals surface area contributed by atoms with Gasteiger partial charge < -0.3 is 4.74 Å². The van der Waals surface area contributed by atoms with Crippen LogP contribution in [0.1, 0.15) is 0 Å². The number of nitrogens with two attached hydrogens (primary N) is 1. The number of ether oxygens (including phenoxy) is 1. The summed E-state index contributed by atoms with van der Waals surface area (Å²) in [5.74, 6) is 0. The van der Waals surface area contributed by atoms with E-state index in [0.717, 1.165) is 4.57 Å². The lowest BCUT2D eigenvalue weighted by atomic mass is 10.7. The van der Waals surface area contributed by atoms with Gasteiger partial charge in [-0.2, -0.15) is 0 Å². The molecular weight excluding hydrogens is 212 g/mol. The molecule has 1 rings (SSSR count). The van der Waals surface area contributed by atoms with Crippen molar-refractivity contribution in [1.29, 1.82) is 0 Å². The molecule has 0 saturated heterocycles. The first-order chi connectivity index (χ1) is 6.46. The van der Waals surface area contributed by atoms with Crippen LogP contribution in [-0.4, -0.2) is 36.9 Å². The van der Waals surface area contributed by atoms with Crippen LogP contribution in [0.15, 0.2) is 9.95 Å². The number of rotatable bonds is 4. The molecule has 0 atom stereocenters. The van der Waals surface area contributed by atoms with Gasteiger partial charge in [-0.15, -0.1) is 5.10 Å². The highest BCUT2D eigenvalue weighted by molar-refractivity contribution is 7.89. The maximum absolute atomic E-state index is 11.1. The molecule has 0 bridgehead atoms. The normalized spacial score (nSPS) is 11.9. The predicted molar refractivity (Wildman–Crippen MR) is 46.1 cm³/mol. The van der Waals surface area contributed by atoms with E-state index in [1.54, 1.807) is 0 Å². The number of sulfonamides is 1. The summed E-state index contributed by atoms with van der Waals surface area (Å²) in [4.78, 5) is 11.1. The first-order valence-electron chi connectivity index (χ1n) is 3.63. The van der Waals surface area contributed by atoms with Gasteiger partial charge in [-0.05, 0) is 0 Å². The Morgan fingerprint density at radius 1 is 1.64 bits per heavy atom. The number of H-pyrrole nitrogens is 1. The molecule has 8 nitrogen and oxygen atoms in total. The molecule has 1 aromatic rings. The number of hydrogen-bond donors (Lipinski definition) is 2. The molecule has 0 unspecified atom stereocenters. The van der Waals surface area contributed by atoms with E-state index in [9.17, 15) is 13.2 Å². The largest absolute Gasteiger partial charge is 0.383 e. The van der Waals surface area contributed by atoms with Crippen molar-refractivity contribution in [3.05, 3.63) is 10.5 Å². The molecule has 0 aromatic carbocycles. The predicted octanol–water partition coefficient (Wildman–Crippen LogP) is -2.13. The highest BCUT2D eigenvalue weighted by Crippen LogP contribution is 1.97. The maximum Gasteiger partial charge on any atom is 0.344 e. The van der Waals surface area contributed by atoms with Crippen LogP contribution in [0.5, 0.6) is 0 Å². The Morgan fingerprint density at radius 3 is 2.79 bits per heavy atom. The fraction of sp³-hybridized carbons (Fsp3) is 0.600. The van der Waals surface area contributed by atoms with Gasteiger partial charge in [0.05, 0.1) is 13.2 Å². The number of hydrogen-bond acceptors (Lipinski definition) is 5. The van der Waals surface area contributed by atoms with Crippen molar-refractivity contribution in [1.82, 2.24) is 14.8 Å². The summed E-state index contributed by atoms with van der Waals surface area (Å²) in [5, 5.41) is 9.64. The van der Waals surface area contributed by atoms with E-state index in [0.29, 0.717) is 0 Å². The monoisotopic (exact) mass is 222 g/mol. The van der Waals surface area contributed by atoms with Crippen LogP contribution in [0.4, 0.5) is 0 Å². The fourth-order valence-corrected chi connectivity index (χ4v) is 1.55. The Balaban J connectivity index is 3.14. The molecule has 1 heterocycles. The van der Waals surface area contributed by atoms with E-state index in [4.69, 9.17) is 9.88 Å². The summed E-state index contributed by atoms with van der Waals surface area (Å²) in [6.45, 7) is 0.277. The first-order valence-corrected chi connectivity index (χ1v) is 5.18. The van der Waals surface area contributed by atoms with Crippen LogP contribution in [0.25, 0.3) is 0 Å². The molecule has 0 fully saturated rings. The van der Waals surface area contributed by atoms with Crippen LogP contribution < -0.4 is 10.8 Å². The van der Waals surface area contributed by atoms with Crippen LogP contribution in [-0.2, 0) is 21.3 Å². The lowest BCUT2D eigenvalue weighted by Gasteiger charge is -2.01. The van der Waals surface area contributed by atoms with E-state index in [1.165, 1.54) is 7.11 Å². The van der Waals surface area contributed by atoms with Gasteiger partial charge in [0.2, 0.25) is 0 Å². The molecule has 0 aliphatic rings. The number of nitrogens with one attached hydrogen (secondary N) is 1. The third kappa shape index (κ3) is 2.19. The zero-order valence-electron chi connectivity index (χ0n) is 7.43. The third-order valence-corrected chi connectivity index (χ3v) is 2.32. The van der Waals surface area contributed by atoms with Gasteiger partial charge in [0.1, 0.15) is 0 Å². The summed E-state index contributed by atoms with van der Waals surface area (Å²) in [6, 6.07) is 0. The van der Waals surface area contributed by atoms with E-state index in [2.05, 4.69) is 5.10 Å². The van der Waals surface area contributed by atoms with Gasteiger partial charge >= 0.3 is 5.69 Å². The fourth-order valence-electron chi connectivity index (χ4n) is 0.900. The van der Waals surface area contributed by atoms with Crippen LogP contribution in [0.3, 0.4) is 0 Å². The molecule has 14 heavy (non-hydrogen) atoms. The lowest BCUT2D eigenvalue weighted by molar-refractivity contribution is 0.183. The van der Waals surface area contributed by atoms with Crippen molar-refractivity contribution >= 4 is 10.0 Å². The summed E-state index contributed by atoms with van der Waals surface area (Å²) in [6.07, 6.45) is 0. The molecule has 1 aromatic heterocycles. The van der Waals surface area contributed by atoms with Gasteiger partial charge in [-0.3, -0.25) is 4.57 Å². The van der Waals surface area contributed by atoms with E-state index in [-0.39, 0.29) is 13.2 Å². The maximum atomic E-state index is 11.1. The van der Waals surface area contributed by atoms with Crippen molar-refractivity contribution in [2.24, 2.45) is 5.14 Å². The van der Waals surface area contributed by atoms with Crippen molar-refractivity contribution in [2.75, 3.05) is 13.7 Å². The Labute approximate surface area is 79.7 Å². The zero-order valence-corrected chi connectivity index (χ0v) is 8.24. The first kappa shape index (κ1) is 10.9. The van der Waals surface area contributed by atoms with Crippen molar-refractivity contribution in [2.45, 2.75) is 11.7 Å². The molecule has 9 heteroatoms. The van der Waals surface area contributed by atoms with E-state index in [1.807, 2.05) is 5.10 Å². The summed E-state index contributed by atoms with van der Waals surface area (Å²) >= 11 is 0.